The number of piperazine rings is 1. The maximum Gasteiger partial charge on any atom is 0.223 e. The summed E-state index contributed by atoms with van der Waals surface area (Å²) in [6, 6.07) is 7.38. The van der Waals surface area contributed by atoms with Crippen molar-refractivity contribution in [3.8, 4) is 5.75 Å². The minimum absolute atomic E-state index is 0. The minimum Gasteiger partial charge on any atom is -0.492 e. The van der Waals surface area contributed by atoms with Crippen LogP contribution in [0.5, 0.6) is 5.75 Å². The summed E-state index contributed by atoms with van der Waals surface area (Å²) in [5.41, 5.74) is 0. The third-order valence-corrected chi connectivity index (χ3v) is 3.95. The molecule has 2 rings (SSSR count). The van der Waals surface area contributed by atoms with Crippen molar-refractivity contribution < 1.29 is 9.53 Å². The lowest BCUT2D eigenvalue weighted by Gasteiger charge is -2.28. The van der Waals surface area contributed by atoms with E-state index in [0.717, 1.165) is 45.0 Å². The molecule has 1 fully saturated rings. The van der Waals surface area contributed by atoms with Gasteiger partial charge in [0.2, 0.25) is 5.91 Å². The van der Waals surface area contributed by atoms with Crippen molar-refractivity contribution in [1.29, 1.82) is 0 Å². The monoisotopic (exact) mass is 361 g/mol. The van der Waals surface area contributed by atoms with Crippen LogP contribution in [0, 0.1) is 0 Å². The normalized spacial score (nSPS) is 14.5. The summed E-state index contributed by atoms with van der Waals surface area (Å²) in [6.07, 6.45) is 0.563. The molecule has 0 unspecified atom stereocenters. The Kier molecular flexibility index (Phi) is 9.33. The molecule has 1 N–H and O–H groups in total. The third kappa shape index (κ3) is 7.40. The first-order chi connectivity index (χ1) is 10.6. The predicted octanol–water partition coefficient (Wildman–Crippen LogP) is 1.89. The van der Waals surface area contributed by atoms with Gasteiger partial charge in [0.1, 0.15) is 12.4 Å². The topological polar surface area (TPSA) is 44.8 Å². The first-order valence-corrected chi connectivity index (χ1v) is 8.08. The van der Waals surface area contributed by atoms with Gasteiger partial charge in [-0.15, -0.1) is 12.4 Å². The van der Waals surface area contributed by atoms with Gasteiger partial charge >= 0.3 is 0 Å². The predicted molar refractivity (Wildman–Crippen MR) is 95.8 cm³/mol. The minimum atomic E-state index is 0. The highest BCUT2D eigenvalue weighted by Gasteiger charge is 2.16. The first-order valence-electron chi connectivity index (χ1n) is 7.70. The molecule has 0 aromatic heterocycles. The number of nitrogens with one attached hydrogen (secondary N) is 1. The molecule has 0 saturated carbocycles. The van der Waals surface area contributed by atoms with E-state index in [1.807, 2.05) is 30.1 Å². The van der Waals surface area contributed by atoms with Crippen LogP contribution in [-0.4, -0.2) is 68.6 Å². The fourth-order valence-corrected chi connectivity index (χ4v) is 2.53. The lowest BCUT2D eigenvalue weighted by atomic mass is 10.3. The van der Waals surface area contributed by atoms with Gasteiger partial charge in [0, 0.05) is 50.7 Å². The third-order valence-electron chi connectivity index (χ3n) is 3.71. The fraction of sp³-hybridized carbons (Fsp3) is 0.562. The van der Waals surface area contributed by atoms with Crippen molar-refractivity contribution in [2.75, 3.05) is 52.9 Å². The lowest BCUT2D eigenvalue weighted by molar-refractivity contribution is -0.132. The van der Waals surface area contributed by atoms with Crippen LogP contribution in [-0.2, 0) is 4.79 Å². The van der Waals surface area contributed by atoms with Gasteiger partial charge in [0.05, 0.1) is 0 Å². The second-order valence-electron chi connectivity index (χ2n) is 5.49. The van der Waals surface area contributed by atoms with Crippen molar-refractivity contribution >= 4 is 29.9 Å². The van der Waals surface area contributed by atoms with Crippen LogP contribution in [0.15, 0.2) is 24.3 Å². The quantitative estimate of drug-likeness (QED) is 0.805. The van der Waals surface area contributed by atoms with E-state index in [9.17, 15) is 4.79 Å². The number of hydrogen-bond donors (Lipinski definition) is 1. The van der Waals surface area contributed by atoms with Gasteiger partial charge < -0.3 is 19.9 Å². The smallest absolute Gasteiger partial charge is 0.223 e. The molecule has 1 aliphatic rings. The van der Waals surface area contributed by atoms with E-state index in [4.69, 9.17) is 16.3 Å². The molecule has 0 atom stereocenters. The molecule has 0 aliphatic carbocycles. The van der Waals surface area contributed by atoms with E-state index < -0.39 is 0 Å². The van der Waals surface area contributed by atoms with Crippen molar-refractivity contribution in [2.45, 2.75) is 6.42 Å². The Morgan fingerprint density at radius 2 is 2.09 bits per heavy atom. The van der Waals surface area contributed by atoms with E-state index in [1.54, 1.807) is 6.07 Å². The van der Waals surface area contributed by atoms with Crippen LogP contribution in [0.4, 0.5) is 0 Å². The van der Waals surface area contributed by atoms with E-state index >= 15 is 0 Å². The number of hydrogen-bond acceptors (Lipinski definition) is 4. The van der Waals surface area contributed by atoms with Gasteiger partial charge in [-0.1, -0.05) is 17.7 Å². The van der Waals surface area contributed by atoms with Crippen molar-refractivity contribution in [3.05, 3.63) is 29.3 Å². The Balaban J connectivity index is 0.00000264. The van der Waals surface area contributed by atoms with E-state index in [2.05, 4.69) is 10.2 Å². The molecular formula is C16H25Cl2N3O2. The zero-order valence-electron chi connectivity index (χ0n) is 13.5. The maximum absolute atomic E-state index is 12.1. The zero-order chi connectivity index (χ0) is 15.8. The molecular weight excluding hydrogens is 337 g/mol. The van der Waals surface area contributed by atoms with Crippen LogP contribution in [0.3, 0.4) is 0 Å². The van der Waals surface area contributed by atoms with Gasteiger partial charge in [-0.05, 0) is 25.2 Å². The average Bonchev–Trinajstić information content (AvgIpc) is 2.53. The Morgan fingerprint density at radius 1 is 1.35 bits per heavy atom. The highest BCUT2D eigenvalue weighted by atomic mass is 35.5. The summed E-state index contributed by atoms with van der Waals surface area (Å²) in [5, 5.41) is 3.93. The summed E-state index contributed by atoms with van der Waals surface area (Å²) in [5.74, 6) is 1.02. The van der Waals surface area contributed by atoms with Crippen LogP contribution in [0.1, 0.15) is 6.42 Å². The van der Waals surface area contributed by atoms with Crippen LogP contribution >= 0.6 is 24.0 Å². The molecule has 1 amide bonds. The van der Waals surface area contributed by atoms with Crippen molar-refractivity contribution in [2.24, 2.45) is 0 Å². The van der Waals surface area contributed by atoms with E-state index in [-0.39, 0.29) is 18.3 Å². The average molecular weight is 362 g/mol. The van der Waals surface area contributed by atoms with Crippen LogP contribution in [0.2, 0.25) is 5.02 Å². The van der Waals surface area contributed by atoms with Crippen LogP contribution < -0.4 is 10.1 Å². The summed E-state index contributed by atoms with van der Waals surface area (Å²) >= 11 is 5.91. The maximum atomic E-state index is 12.1. The number of carbonyl (C=O) groups excluding carboxylic acids is 1. The lowest BCUT2D eigenvalue weighted by Crippen LogP contribution is -2.47. The molecule has 130 valence electrons. The van der Waals surface area contributed by atoms with Crippen molar-refractivity contribution in [1.82, 2.24) is 15.1 Å². The standard InChI is InChI=1S/C16H24ClN3O2.ClH/c1-19(8-5-16(21)20-9-6-18-7-10-20)11-12-22-15-4-2-3-14(17)13-15;/h2-4,13,18H,5-12H2,1H3;1H. The van der Waals surface area contributed by atoms with Crippen LogP contribution in [0.25, 0.3) is 0 Å². The SMILES string of the molecule is CN(CCOc1cccc(Cl)c1)CCC(=O)N1CCNCC1.Cl. The number of nitrogens with zero attached hydrogens (tertiary/aromatic N) is 2. The number of carbonyl (C=O) groups is 1. The van der Waals surface area contributed by atoms with Crippen molar-refractivity contribution in [3.63, 3.8) is 0 Å². The Bertz CT molecular complexity index is 482. The highest BCUT2D eigenvalue weighted by Crippen LogP contribution is 2.16. The van der Waals surface area contributed by atoms with E-state index in [1.165, 1.54) is 0 Å². The second kappa shape index (κ2) is 10.7. The molecule has 0 spiro atoms. The molecule has 23 heavy (non-hydrogen) atoms. The molecule has 1 aromatic carbocycles. The van der Waals surface area contributed by atoms with Gasteiger partial charge in [0.25, 0.3) is 0 Å². The molecule has 0 radical (unpaired) electrons. The summed E-state index contributed by atoms with van der Waals surface area (Å²) in [7, 11) is 2.01. The number of benzene rings is 1. The summed E-state index contributed by atoms with van der Waals surface area (Å²) < 4.78 is 5.65. The Morgan fingerprint density at radius 3 is 2.78 bits per heavy atom. The van der Waals surface area contributed by atoms with Gasteiger partial charge in [-0.2, -0.15) is 0 Å². The zero-order valence-corrected chi connectivity index (χ0v) is 15.0. The largest absolute Gasteiger partial charge is 0.492 e. The van der Waals surface area contributed by atoms with Gasteiger partial charge in [0.15, 0.2) is 0 Å². The van der Waals surface area contributed by atoms with Gasteiger partial charge in [-0.3, -0.25) is 4.79 Å². The summed E-state index contributed by atoms with van der Waals surface area (Å²) in [4.78, 5) is 16.1. The number of ether oxygens (including phenoxy) is 1. The number of amides is 1. The van der Waals surface area contributed by atoms with Gasteiger partial charge in [-0.25, -0.2) is 0 Å². The molecule has 1 heterocycles. The fourth-order valence-electron chi connectivity index (χ4n) is 2.35. The Labute approximate surface area is 149 Å². The molecule has 1 aromatic rings. The molecule has 1 aliphatic heterocycles. The second-order valence-corrected chi connectivity index (χ2v) is 5.93. The molecule has 5 nitrogen and oxygen atoms in total. The molecule has 1 saturated heterocycles. The summed E-state index contributed by atoms with van der Waals surface area (Å²) in [6.45, 7) is 5.55. The highest BCUT2D eigenvalue weighted by molar-refractivity contribution is 6.30. The number of halogens is 2. The van der Waals surface area contributed by atoms with E-state index in [0.29, 0.717) is 18.1 Å². The molecule has 7 heteroatoms. The number of likely N-dealkylation sites (N-methyl/N-ethyl adjacent to an activating group) is 1. The molecule has 0 bridgehead atoms. The number of rotatable bonds is 7. The first kappa shape index (κ1) is 20.0. The Hall–Kier alpha value is -1.01.